The maximum absolute atomic E-state index is 12.1. The third-order valence-corrected chi connectivity index (χ3v) is 2.57. The number of rotatable bonds is 4. The Morgan fingerprint density at radius 3 is 2.63 bits per heavy atom. The number of pyridine rings is 1. The van der Waals surface area contributed by atoms with Gasteiger partial charge in [0.15, 0.2) is 0 Å². The summed E-state index contributed by atoms with van der Waals surface area (Å²) in [4.78, 5) is 16.1. The van der Waals surface area contributed by atoms with Crippen molar-refractivity contribution in [2.45, 2.75) is 13.5 Å². The van der Waals surface area contributed by atoms with Crippen LogP contribution < -0.4 is 4.74 Å². The van der Waals surface area contributed by atoms with Gasteiger partial charge < -0.3 is 4.74 Å². The minimum absolute atomic E-state index is 0.0325. The van der Waals surface area contributed by atoms with Gasteiger partial charge in [0.25, 0.3) is 0 Å². The van der Waals surface area contributed by atoms with Gasteiger partial charge >= 0.3 is 6.61 Å². The van der Waals surface area contributed by atoms with Gasteiger partial charge in [0, 0.05) is 11.8 Å². The molecule has 0 bridgehead atoms. The minimum atomic E-state index is -2.88. The molecule has 0 aliphatic rings. The van der Waals surface area contributed by atoms with E-state index >= 15 is 0 Å². The van der Waals surface area contributed by atoms with E-state index in [4.69, 9.17) is 0 Å². The van der Waals surface area contributed by atoms with E-state index in [1.165, 1.54) is 24.4 Å². The fourth-order valence-electron chi connectivity index (χ4n) is 1.70. The van der Waals surface area contributed by atoms with Crippen LogP contribution >= 0.6 is 0 Å². The standard InChI is InChI=1S/C14H11F2NO2/c1-9-8-10(19-14(15)16)5-6-11(9)13(18)12-4-2-3-7-17-12/h2-8,14H,1H3. The van der Waals surface area contributed by atoms with E-state index in [-0.39, 0.29) is 11.5 Å². The Bertz CT molecular complexity index is 585. The van der Waals surface area contributed by atoms with Crippen LogP contribution in [0.2, 0.25) is 0 Å². The first-order valence-corrected chi connectivity index (χ1v) is 5.59. The Balaban J connectivity index is 2.29. The van der Waals surface area contributed by atoms with Crippen LogP contribution in [0.5, 0.6) is 5.75 Å². The molecule has 1 heterocycles. The summed E-state index contributed by atoms with van der Waals surface area (Å²) in [5.74, 6) is -0.216. The lowest BCUT2D eigenvalue weighted by molar-refractivity contribution is -0.0498. The summed E-state index contributed by atoms with van der Waals surface area (Å²) < 4.78 is 28.4. The van der Waals surface area contributed by atoms with E-state index in [1.807, 2.05) is 0 Å². The highest BCUT2D eigenvalue weighted by molar-refractivity contribution is 6.08. The Kier molecular flexibility index (Phi) is 3.85. The van der Waals surface area contributed by atoms with Crippen molar-refractivity contribution in [2.75, 3.05) is 0 Å². The number of hydrogen-bond acceptors (Lipinski definition) is 3. The zero-order valence-corrected chi connectivity index (χ0v) is 10.1. The molecule has 5 heteroatoms. The second kappa shape index (κ2) is 5.56. The van der Waals surface area contributed by atoms with Crippen molar-refractivity contribution >= 4 is 5.78 Å². The molecule has 98 valence electrons. The number of carbonyl (C=O) groups excluding carboxylic acids is 1. The number of aromatic nitrogens is 1. The van der Waals surface area contributed by atoms with E-state index in [1.54, 1.807) is 25.1 Å². The summed E-state index contributed by atoms with van der Waals surface area (Å²) in [6, 6.07) is 9.24. The molecule has 1 aromatic carbocycles. The first-order chi connectivity index (χ1) is 9.08. The molecule has 0 N–H and O–H groups in total. The number of alkyl halides is 2. The molecular formula is C14H11F2NO2. The molecular weight excluding hydrogens is 252 g/mol. The Labute approximate surface area is 108 Å². The molecule has 0 atom stereocenters. The van der Waals surface area contributed by atoms with Gasteiger partial charge in [-0.3, -0.25) is 9.78 Å². The summed E-state index contributed by atoms with van der Waals surface area (Å²) in [6.45, 7) is -1.22. The first-order valence-electron chi connectivity index (χ1n) is 5.59. The summed E-state index contributed by atoms with van der Waals surface area (Å²) in [7, 11) is 0. The minimum Gasteiger partial charge on any atom is -0.435 e. The van der Waals surface area contributed by atoms with Gasteiger partial charge in [-0.25, -0.2) is 0 Å². The smallest absolute Gasteiger partial charge is 0.387 e. The van der Waals surface area contributed by atoms with Crippen molar-refractivity contribution in [1.29, 1.82) is 0 Å². The van der Waals surface area contributed by atoms with Crippen LogP contribution in [0.25, 0.3) is 0 Å². The largest absolute Gasteiger partial charge is 0.435 e. The van der Waals surface area contributed by atoms with E-state index in [9.17, 15) is 13.6 Å². The lowest BCUT2D eigenvalue weighted by atomic mass is 10.0. The Morgan fingerprint density at radius 1 is 1.26 bits per heavy atom. The quantitative estimate of drug-likeness (QED) is 0.795. The predicted molar refractivity (Wildman–Crippen MR) is 65.5 cm³/mol. The van der Waals surface area contributed by atoms with Gasteiger partial charge in [-0.2, -0.15) is 8.78 Å². The van der Waals surface area contributed by atoms with Crippen molar-refractivity contribution in [2.24, 2.45) is 0 Å². The summed E-state index contributed by atoms with van der Waals surface area (Å²) in [5.41, 5.74) is 1.29. The molecule has 0 aliphatic carbocycles. The van der Waals surface area contributed by atoms with E-state index in [0.717, 1.165) is 0 Å². The van der Waals surface area contributed by atoms with Crippen LogP contribution in [-0.4, -0.2) is 17.4 Å². The number of ketones is 1. The molecule has 0 spiro atoms. The number of nitrogens with zero attached hydrogens (tertiary/aromatic N) is 1. The number of carbonyl (C=O) groups is 1. The SMILES string of the molecule is Cc1cc(OC(F)F)ccc1C(=O)c1ccccn1. The molecule has 1 aromatic heterocycles. The van der Waals surface area contributed by atoms with Crippen LogP contribution in [0.4, 0.5) is 8.78 Å². The fourth-order valence-corrected chi connectivity index (χ4v) is 1.70. The zero-order valence-electron chi connectivity index (χ0n) is 10.1. The summed E-state index contributed by atoms with van der Waals surface area (Å²) in [5, 5.41) is 0. The molecule has 19 heavy (non-hydrogen) atoms. The summed E-state index contributed by atoms with van der Waals surface area (Å²) >= 11 is 0. The van der Waals surface area contributed by atoms with Crippen LogP contribution in [-0.2, 0) is 0 Å². The second-order valence-electron chi connectivity index (χ2n) is 3.90. The topological polar surface area (TPSA) is 39.2 Å². The third kappa shape index (κ3) is 3.13. The van der Waals surface area contributed by atoms with Crippen molar-refractivity contribution in [3.63, 3.8) is 0 Å². The number of aryl methyl sites for hydroxylation is 1. The van der Waals surface area contributed by atoms with Crippen molar-refractivity contribution < 1.29 is 18.3 Å². The van der Waals surface area contributed by atoms with Gasteiger partial charge in [-0.1, -0.05) is 6.07 Å². The Morgan fingerprint density at radius 2 is 2.05 bits per heavy atom. The second-order valence-corrected chi connectivity index (χ2v) is 3.90. The molecule has 0 saturated heterocycles. The predicted octanol–water partition coefficient (Wildman–Crippen LogP) is 3.22. The highest BCUT2D eigenvalue weighted by Crippen LogP contribution is 2.20. The van der Waals surface area contributed by atoms with Gasteiger partial charge in [0.2, 0.25) is 5.78 Å². The maximum Gasteiger partial charge on any atom is 0.387 e. The van der Waals surface area contributed by atoms with Gasteiger partial charge in [-0.15, -0.1) is 0 Å². The van der Waals surface area contributed by atoms with Crippen molar-refractivity contribution in [3.8, 4) is 5.75 Å². The molecule has 3 nitrogen and oxygen atoms in total. The first kappa shape index (κ1) is 13.1. The van der Waals surface area contributed by atoms with Crippen LogP contribution in [0.1, 0.15) is 21.6 Å². The fraction of sp³-hybridized carbons (Fsp3) is 0.143. The van der Waals surface area contributed by atoms with Gasteiger partial charge in [0.1, 0.15) is 11.4 Å². The van der Waals surface area contributed by atoms with Crippen LogP contribution in [0.15, 0.2) is 42.6 Å². The highest BCUT2D eigenvalue weighted by atomic mass is 19.3. The molecule has 2 aromatic rings. The lowest BCUT2D eigenvalue weighted by Crippen LogP contribution is -2.07. The molecule has 0 saturated carbocycles. The number of ether oxygens (including phenoxy) is 1. The molecule has 0 fully saturated rings. The van der Waals surface area contributed by atoms with Gasteiger partial charge in [-0.05, 0) is 42.8 Å². The number of benzene rings is 1. The molecule has 0 amide bonds. The van der Waals surface area contributed by atoms with Crippen LogP contribution in [0.3, 0.4) is 0 Å². The zero-order chi connectivity index (χ0) is 13.8. The van der Waals surface area contributed by atoms with Gasteiger partial charge in [0.05, 0.1) is 0 Å². The molecule has 2 rings (SSSR count). The number of hydrogen-bond donors (Lipinski definition) is 0. The van der Waals surface area contributed by atoms with Crippen LogP contribution in [0, 0.1) is 6.92 Å². The monoisotopic (exact) mass is 263 g/mol. The highest BCUT2D eigenvalue weighted by Gasteiger charge is 2.14. The van der Waals surface area contributed by atoms with Crippen molar-refractivity contribution in [3.05, 3.63) is 59.4 Å². The molecule has 0 radical (unpaired) electrons. The average Bonchev–Trinajstić information content (AvgIpc) is 2.38. The van der Waals surface area contributed by atoms with E-state index < -0.39 is 6.61 Å². The number of halogens is 2. The normalized spacial score (nSPS) is 10.5. The third-order valence-electron chi connectivity index (χ3n) is 2.57. The average molecular weight is 263 g/mol. The molecule has 0 unspecified atom stereocenters. The summed E-state index contributed by atoms with van der Waals surface area (Å²) in [6.07, 6.45) is 1.52. The van der Waals surface area contributed by atoms with E-state index in [0.29, 0.717) is 16.8 Å². The molecule has 0 aliphatic heterocycles. The Hall–Kier alpha value is -2.30. The maximum atomic E-state index is 12.1. The van der Waals surface area contributed by atoms with Crippen molar-refractivity contribution in [1.82, 2.24) is 4.98 Å². The van der Waals surface area contributed by atoms with E-state index in [2.05, 4.69) is 9.72 Å². The lowest BCUT2D eigenvalue weighted by Gasteiger charge is -2.08.